The Kier molecular flexibility index (Phi) is 9.95. The Morgan fingerprint density at radius 1 is 1.24 bits per heavy atom. The van der Waals surface area contributed by atoms with E-state index < -0.39 is 11.7 Å². The summed E-state index contributed by atoms with van der Waals surface area (Å²) in [6, 6.07) is 8.64. The lowest BCUT2D eigenvalue weighted by Gasteiger charge is -2.34. The molecule has 186 valence electrons. The number of piperidine rings is 1. The first-order valence-corrected chi connectivity index (χ1v) is 13.7. The molecule has 0 radical (unpaired) electrons. The summed E-state index contributed by atoms with van der Waals surface area (Å²) in [6.45, 7) is 6.87. The van der Waals surface area contributed by atoms with Crippen molar-refractivity contribution in [2.45, 2.75) is 51.9 Å². The summed E-state index contributed by atoms with van der Waals surface area (Å²) in [5.41, 5.74) is 2.34. The number of carbonyl (C=O) groups is 1. The second-order valence-corrected chi connectivity index (χ2v) is 10.7. The van der Waals surface area contributed by atoms with Crippen LogP contribution in [0.1, 0.15) is 66.9 Å². The fraction of sp³-hybridized carbons (Fsp3) is 0.500. The van der Waals surface area contributed by atoms with E-state index in [1.807, 2.05) is 12.1 Å². The van der Waals surface area contributed by atoms with E-state index in [2.05, 4.69) is 23.9 Å². The average molecular weight is 528 g/mol. The highest BCUT2D eigenvalue weighted by molar-refractivity contribution is 7.97. The van der Waals surface area contributed by atoms with Crippen LogP contribution < -0.4 is 14.8 Å². The number of hydrogen-bond acceptors (Lipinski definition) is 4. The highest BCUT2D eigenvalue weighted by Gasteiger charge is 2.32. The predicted molar refractivity (Wildman–Crippen MR) is 141 cm³/mol. The summed E-state index contributed by atoms with van der Waals surface area (Å²) in [6.07, 6.45) is 6.97. The van der Waals surface area contributed by atoms with E-state index >= 15 is 0 Å². The van der Waals surface area contributed by atoms with E-state index in [4.69, 9.17) is 27.9 Å². The van der Waals surface area contributed by atoms with Crippen LogP contribution in [0.5, 0.6) is 5.75 Å². The van der Waals surface area contributed by atoms with Gasteiger partial charge in [0.1, 0.15) is 11.6 Å². The lowest BCUT2D eigenvalue weighted by atomic mass is 9.82. The molecule has 0 bridgehead atoms. The topological polar surface area (TPSA) is 50.4 Å². The van der Waals surface area contributed by atoms with Crippen molar-refractivity contribution in [3.05, 3.63) is 62.9 Å². The summed E-state index contributed by atoms with van der Waals surface area (Å²) in [5.74, 6) is 0.0906. The Morgan fingerprint density at radius 3 is 2.53 bits per heavy atom. The van der Waals surface area contributed by atoms with Crippen LogP contribution in [-0.4, -0.2) is 31.9 Å². The molecule has 4 nitrogen and oxygen atoms in total. The van der Waals surface area contributed by atoms with Crippen molar-refractivity contribution in [2.24, 2.45) is 5.41 Å². The van der Waals surface area contributed by atoms with Gasteiger partial charge in [-0.3, -0.25) is 9.52 Å². The second-order valence-electron chi connectivity index (χ2n) is 9.22. The van der Waals surface area contributed by atoms with Gasteiger partial charge >= 0.3 is 0 Å². The number of hydrogen-bond donors (Lipinski definition) is 2. The highest BCUT2D eigenvalue weighted by atomic mass is 35.5. The van der Waals surface area contributed by atoms with E-state index in [0.717, 1.165) is 61.3 Å². The standard InChI is InChI=1S/C18H25FN2O2S.C8H8Cl2/c1-18(5-7-20-8-6-18)11-23-16-10-15(19)14(17(22)21-24-2)9-13(16)12-3-4-12;1-2-6-3-4-7(9)5-8(6)10/h9-10,12,20H,3-8,11H2,1-2H3,(H,21,22);3-5H,2H2,1H3. The molecule has 0 aromatic heterocycles. The van der Waals surface area contributed by atoms with Gasteiger partial charge in [0.25, 0.3) is 5.91 Å². The van der Waals surface area contributed by atoms with Crippen molar-refractivity contribution in [2.75, 3.05) is 26.0 Å². The molecule has 1 saturated carbocycles. The molecule has 0 atom stereocenters. The van der Waals surface area contributed by atoms with Gasteiger partial charge in [0, 0.05) is 27.8 Å². The van der Waals surface area contributed by atoms with Gasteiger partial charge in [-0.05, 0) is 80.4 Å². The Labute approximate surface area is 216 Å². The van der Waals surface area contributed by atoms with Crippen molar-refractivity contribution >= 4 is 41.1 Å². The fourth-order valence-corrected chi connectivity index (χ4v) is 4.80. The lowest BCUT2D eigenvalue weighted by molar-refractivity contribution is 0.0979. The Bertz CT molecular complexity index is 995. The summed E-state index contributed by atoms with van der Waals surface area (Å²) in [5, 5.41) is 4.81. The van der Waals surface area contributed by atoms with Crippen molar-refractivity contribution in [1.29, 1.82) is 0 Å². The van der Waals surface area contributed by atoms with Crippen LogP contribution in [0.2, 0.25) is 10.0 Å². The number of benzene rings is 2. The molecular formula is C26H33Cl2FN2O2S. The zero-order valence-corrected chi connectivity index (χ0v) is 22.3. The molecule has 8 heteroatoms. The minimum absolute atomic E-state index is 0.103. The zero-order chi connectivity index (χ0) is 24.7. The number of aryl methyl sites for hydroxylation is 1. The second kappa shape index (κ2) is 12.5. The van der Waals surface area contributed by atoms with Crippen LogP contribution >= 0.6 is 35.1 Å². The van der Waals surface area contributed by atoms with E-state index in [1.54, 1.807) is 18.4 Å². The maximum Gasteiger partial charge on any atom is 0.264 e. The first kappa shape index (κ1) is 27.1. The van der Waals surface area contributed by atoms with Gasteiger partial charge in [0.15, 0.2) is 0 Å². The van der Waals surface area contributed by atoms with Crippen molar-refractivity contribution < 1.29 is 13.9 Å². The van der Waals surface area contributed by atoms with Crippen LogP contribution in [0.25, 0.3) is 0 Å². The van der Waals surface area contributed by atoms with E-state index in [9.17, 15) is 9.18 Å². The molecule has 2 aliphatic rings. The van der Waals surface area contributed by atoms with E-state index in [1.165, 1.54) is 18.0 Å². The summed E-state index contributed by atoms with van der Waals surface area (Å²) in [4.78, 5) is 12.0. The number of amides is 1. The Hall–Kier alpha value is -1.47. The van der Waals surface area contributed by atoms with Gasteiger partial charge in [-0.15, -0.1) is 0 Å². The maximum absolute atomic E-state index is 14.4. The molecular weight excluding hydrogens is 494 g/mol. The number of nitrogens with one attached hydrogen (secondary N) is 2. The normalized spacial score (nSPS) is 16.9. The summed E-state index contributed by atoms with van der Waals surface area (Å²) < 4.78 is 23.0. The molecule has 2 aromatic rings. The van der Waals surface area contributed by atoms with Gasteiger partial charge < -0.3 is 10.1 Å². The van der Waals surface area contributed by atoms with Gasteiger partial charge in [-0.1, -0.05) is 55.1 Å². The molecule has 0 unspecified atom stereocenters. The molecule has 2 fully saturated rings. The highest BCUT2D eigenvalue weighted by Crippen LogP contribution is 2.45. The number of rotatable bonds is 7. The molecule has 4 rings (SSSR count). The first-order valence-electron chi connectivity index (χ1n) is 11.7. The monoisotopic (exact) mass is 526 g/mol. The number of carbonyl (C=O) groups excluding carboxylic acids is 1. The van der Waals surface area contributed by atoms with Crippen molar-refractivity contribution in [3.8, 4) is 5.75 Å². The van der Waals surface area contributed by atoms with Gasteiger partial charge in [-0.25, -0.2) is 4.39 Å². The van der Waals surface area contributed by atoms with Gasteiger partial charge in [0.2, 0.25) is 0 Å². The number of halogens is 3. The smallest absolute Gasteiger partial charge is 0.264 e. The van der Waals surface area contributed by atoms with Crippen molar-refractivity contribution in [1.82, 2.24) is 10.0 Å². The molecule has 0 spiro atoms. The van der Waals surface area contributed by atoms with E-state index in [0.29, 0.717) is 23.3 Å². The predicted octanol–water partition coefficient (Wildman–Crippen LogP) is 7.04. The van der Waals surface area contributed by atoms with Crippen LogP contribution in [0, 0.1) is 11.2 Å². The zero-order valence-electron chi connectivity index (χ0n) is 20.0. The minimum atomic E-state index is -0.517. The van der Waals surface area contributed by atoms with Crippen LogP contribution in [-0.2, 0) is 6.42 Å². The van der Waals surface area contributed by atoms with Gasteiger partial charge in [-0.2, -0.15) is 0 Å². The molecule has 2 aromatic carbocycles. The third kappa shape index (κ3) is 7.51. The third-order valence-electron chi connectivity index (χ3n) is 6.34. The largest absolute Gasteiger partial charge is 0.493 e. The molecule has 1 aliphatic heterocycles. The Balaban J connectivity index is 0.000000271. The molecule has 1 heterocycles. The minimum Gasteiger partial charge on any atom is -0.493 e. The SMILES string of the molecule is CCc1ccc(Cl)cc1Cl.CSNC(=O)c1cc(C2CC2)c(OCC2(C)CCNCC2)cc1F. The molecule has 1 saturated heterocycles. The van der Waals surface area contributed by atoms with E-state index in [-0.39, 0.29) is 11.0 Å². The Morgan fingerprint density at radius 2 is 1.94 bits per heavy atom. The molecule has 34 heavy (non-hydrogen) atoms. The molecule has 1 aliphatic carbocycles. The summed E-state index contributed by atoms with van der Waals surface area (Å²) >= 11 is 12.7. The third-order valence-corrected chi connectivity index (χ3v) is 7.32. The van der Waals surface area contributed by atoms with Crippen LogP contribution in [0.4, 0.5) is 4.39 Å². The number of ether oxygens (including phenoxy) is 1. The summed E-state index contributed by atoms with van der Waals surface area (Å²) in [7, 11) is 0. The lowest BCUT2D eigenvalue weighted by Crippen LogP contribution is -2.38. The van der Waals surface area contributed by atoms with Crippen LogP contribution in [0.3, 0.4) is 0 Å². The molecule has 2 N–H and O–H groups in total. The molecule has 1 amide bonds. The maximum atomic E-state index is 14.4. The van der Waals surface area contributed by atoms with Crippen LogP contribution in [0.15, 0.2) is 30.3 Å². The quantitative estimate of drug-likeness (QED) is 0.380. The fourth-order valence-electron chi connectivity index (χ4n) is 3.97. The van der Waals surface area contributed by atoms with Gasteiger partial charge in [0.05, 0.1) is 12.2 Å². The van der Waals surface area contributed by atoms with Crippen molar-refractivity contribution in [3.63, 3.8) is 0 Å². The average Bonchev–Trinajstić information content (AvgIpc) is 3.64. The first-order chi connectivity index (χ1) is 16.3.